The molecular weight excluding hydrogens is 282 g/mol. The zero-order valence-corrected chi connectivity index (χ0v) is 12.6. The Hall–Kier alpha value is -2.34. The standard InChI is InChI=1S/C15H15N5S/c1-9-7-14(20(2)19-9)21-13-8-11(15(16)17)10-5-3-4-6-12(10)18-13/h3-8H,1-2H3,(H3,16,17). The third kappa shape index (κ3) is 2.62. The van der Waals surface area contributed by atoms with Crippen molar-refractivity contribution < 1.29 is 0 Å². The van der Waals surface area contributed by atoms with Gasteiger partial charge in [0, 0.05) is 18.0 Å². The minimum atomic E-state index is 0.0524. The molecule has 0 bridgehead atoms. The van der Waals surface area contributed by atoms with Gasteiger partial charge in [-0.3, -0.25) is 10.1 Å². The molecule has 0 spiro atoms. The molecule has 2 heterocycles. The van der Waals surface area contributed by atoms with Crippen LogP contribution in [0.25, 0.3) is 10.9 Å². The van der Waals surface area contributed by atoms with Crippen LogP contribution < -0.4 is 5.73 Å². The van der Waals surface area contributed by atoms with Gasteiger partial charge in [-0.25, -0.2) is 4.98 Å². The van der Waals surface area contributed by atoms with Gasteiger partial charge in [0.2, 0.25) is 0 Å². The SMILES string of the molecule is Cc1cc(Sc2cc(C(=N)N)c3ccccc3n2)n(C)n1. The highest BCUT2D eigenvalue weighted by Gasteiger charge is 2.11. The summed E-state index contributed by atoms with van der Waals surface area (Å²) in [6, 6.07) is 11.6. The van der Waals surface area contributed by atoms with Gasteiger partial charge in [0.05, 0.1) is 11.2 Å². The highest BCUT2D eigenvalue weighted by atomic mass is 32.2. The van der Waals surface area contributed by atoms with E-state index in [1.807, 2.05) is 55.1 Å². The van der Waals surface area contributed by atoms with Gasteiger partial charge in [0.1, 0.15) is 15.9 Å². The van der Waals surface area contributed by atoms with E-state index in [2.05, 4.69) is 10.1 Å². The molecule has 3 N–H and O–H groups in total. The van der Waals surface area contributed by atoms with Gasteiger partial charge in [-0.05, 0) is 25.1 Å². The number of amidine groups is 1. The fourth-order valence-electron chi connectivity index (χ4n) is 2.22. The number of nitrogens with two attached hydrogens (primary N) is 1. The Kier molecular flexibility index (Phi) is 3.39. The number of nitrogens with zero attached hydrogens (tertiary/aromatic N) is 3. The van der Waals surface area contributed by atoms with E-state index >= 15 is 0 Å². The summed E-state index contributed by atoms with van der Waals surface area (Å²) < 4.78 is 1.82. The van der Waals surface area contributed by atoms with Crippen LogP contribution >= 0.6 is 11.8 Å². The Morgan fingerprint density at radius 2 is 2.05 bits per heavy atom. The van der Waals surface area contributed by atoms with E-state index in [4.69, 9.17) is 11.1 Å². The second-order valence-corrected chi connectivity index (χ2v) is 5.83. The van der Waals surface area contributed by atoms with E-state index in [1.54, 1.807) is 0 Å². The molecule has 0 aliphatic carbocycles. The van der Waals surface area contributed by atoms with Crippen LogP contribution in [0.1, 0.15) is 11.3 Å². The zero-order chi connectivity index (χ0) is 15.0. The molecule has 3 aromatic rings. The van der Waals surface area contributed by atoms with E-state index in [0.717, 1.165) is 26.6 Å². The number of nitrogens with one attached hydrogen (secondary N) is 1. The van der Waals surface area contributed by atoms with Gasteiger partial charge in [-0.2, -0.15) is 5.10 Å². The van der Waals surface area contributed by atoms with Crippen LogP contribution in [0, 0.1) is 12.3 Å². The Balaban J connectivity index is 2.11. The second kappa shape index (κ2) is 5.21. The van der Waals surface area contributed by atoms with Crippen LogP contribution in [0.3, 0.4) is 0 Å². The molecule has 2 aromatic heterocycles. The van der Waals surface area contributed by atoms with E-state index in [1.165, 1.54) is 11.8 Å². The summed E-state index contributed by atoms with van der Waals surface area (Å²) in [5.41, 5.74) is 8.22. The van der Waals surface area contributed by atoms with Crippen molar-refractivity contribution in [2.45, 2.75) is 17.0 Å². The average molecular weight is 297 g/mol. The molecule has 5 nitrogen and oxygen atoms in total. The third-order valence-corrected chi connectivity index (χ3v) is 4.16. The van der Waals surface area contributed by atoms with Crippen molar-refractivity contribution in [1.29, 1.82) is 5.41 Å². The normalized spacial score (nSPS) is 11.0. The maximum absolute atomic E-state index is 7.76. The summed E-state index contributed by atoms with van der Waals surface area (Å²) in [7, 11) is 1.91. The first-order valence-corrected chi connectivity index (χ1v) is 7.29. The highest BCUT2D eigenvalue weighted by Crippen LogP contribution is 2.29. The molecular formula is C15H15N5S. The number of aryl methyl sites for hydroxylation is 2. The Morgan fingerprint density at radius 3 is 2.71 bits per heavy atom. The van der Waals surface area contributed by atoms with E-state index in [9.17, 15) is 0 Å². The quantitative estimate of drug-likeness (QED) is 0.575. The summed E-state index contributed by atoms with van der Waals surface area (Å²) in [5, 5.41) is 14.8. The number of nitrogen functional groups attached to an aromatic ring is 1. The molecule has 3 rings (SSSR count). The number of hydrogen-bond donors (Lipinski definition) is 2. The van der Waals surface area contributed by atoms with Crippen LogP contribution in [0.4, 0.5) is 0 Å². The molecule has 0 amide bonds. The van der Waals surface area contributed by atoms with Crippen molar-refractivity contribution in [3.05, 3.63) is 47.7 Å². The maximum atomic E-state index is 7.76. The largest absolute Gasteiger partial charge is 0.384 e. The first-order valence-electron chi connectivity index (χ1n) is 6.47. The molecule has 0 unspecified atom stereocenters. The maximum Gasteiger partial charge on any atom is 0.123 e. The summed E-state index contributed by atoms with van der Waals surface area (Å²) in [6.07, 6.45) is 0. The lowest BCUT2D eigenvalue weighted by atomic mass is 10.1. The van der Waals surface area contributed by atoms with Gasteiger partial charge in [-0.15, -0.1) is 0 Å². The fraction of sp³-hybridized carbons (Fsp3) is 0.133. The van der Waals surface area contributed by atoms with Gasteiger partial charge in [0.25, 0.3) is 0 Å². The highest BCUT2D eigenvalue weighted by molar-refractivity contribution is 7.99. The van der Waals surface area contributed by atoms with Crippen molar-refractivity contribution in [3.63, 3.8) is 0 Å². The molecule has 1 aromatic carbocycles. The molecule has 106 valence electrons. The lowest BCUT2D eigenvalue weighted by Gasteiger charge is -2.08. The number of para-hydroxylation sites is 1. The molecule has 0 atom stereocenters. The van der Waals surface area contributed by atoms with Crippen molar-refractivity contribution >= 4 is 28.5 Å². The van der Waals surface area contributed by atoms with Crippen molar-refractivity contribution in [3.8, 4) is 0 Å². The first-order chi connectivity index (χ1) is 10.0. The van der Waals surface area contributed by atoms with Crippen LogP contribution in [-0.2, 0) is 7.05 Å². The Labute approximate surface area is 126 Å². The van der Waals surface area contributed by atoms with E-state index in [0.29, 0.717) is 5.56 Å². The third-order valence-electron chi connectivity index (χ3n) is 3.15. The summed E-state index contributed by atoms with van der Waals surface area (Å²) >= 11 is 1.52. The van der Waals surface area contributed by atoms with Crippen molar-refractivity contribution in [2.24, 2.45) is 12.8 Å². The summed E-state index contributed by atoms with van der Waals surface area (Å²) in [5.74, 6) is 0.0524. The predicted octanol–water partition coefficient (Wildman–Crippen LogP) is 2.71. The van der Waals surface area contributed by atoms with Gasteiger partial charge >= 0.3 is 0 Å². The minimum Gasteiger partial charge on any atom is -0.384 e. The second-order valence-electron chi connectivity index (χ2n) is 4.79. The van der Waals surface area contributed by atoms with E-state index < -0.39 is 0 Å². The van der Waals surface area contributed by atoms with Crippen LogP contribution in [0.15, 0.2) is 46.5 Å². The number of hydrogen-bond acceptors (Lipinski definition) is 4. The lowest BCUT2D eigenvalue weighted by Crippen LogP contribution is -2.12. The molecule has 0 aliphatic heterocycles. The topological polar surface area (TPSA) is 80.6 Å². The number of aromatic nitrogens is 3. The fourth-order valence-corrected chi connectivity index (χ4v) is 3.15. The number of fused-ring (bicyclic) bond motifs is 1. The molecule has 0 radical (unpaired) electrons. The number of rotatable bonds is 3. The van der Waals surface area contributed by atoms with Crippen LogP contribution in [-0.4, -0.2) is 20.6 Å². The summed E-state index contributed by atoms with van der Waals surface area (Å²) in [4.78, 5) is 4.63. The molecule has 0 saturated heterocycles. The molecule has 0 aliphatic rings. The van der Waals surface area contributed by atoms with Crippen molar-refractivity contribution in [2.75, 3.05) is 0 Å². The number of benzene rings is 1. The molecule has 0 fully saturated rings. The van der Waals surface area contributed by atoms with Crippen LogP contribution in [0.2, 0.25) is 0 Å². The van der Waals surface area contributed by atoms with Crippen molar-refractivity contribution in [1.82, 2.24) is 14.8 Å². The van der Waals surface area contributed by atoms with Gasteiger partial charge in [0.15, 0.2) is 0 Å². The first kappa shape index (κ1) is 13.6. The van der Waals surface area contributed by atoms with Gasteiger partial charge < -0.3 is 5.73 Å². The summed E-state index contributed by atoms with van der Waals surface area (Å²) in [6.45, 7) is 1.96. The Bertz CT molecular complexity index is 837. The number of pyridine rings is 1. The van der Waals surface area contributed by atoms with Gasteiger partial charge in [-0.1, -0.05) is 30.0 Å². The Morgan fingerprint density at radius 1 is 1.29 bits per heavy atom. The predicted molar refractivity (Wildman–Crippen MR) is 84.8 cm³/mol. The molecule has 21 heavy (non-hydrogen) atoms. The van der Waals surface area contributed by atoms with E-state index in [-0.39, 0.29) is 5.84 Å². The van der Waals surface area contributed by atoms with Crippen LogP contribution in [0.5, 0.6) is 0 Å². The monoisotopic (exact) mass is 297 g/mol. The average Bonchev–Trinajstić information content (AvgIpc) is 2.76. The molecule has 6 heteroatoms. The molecule has 0 saturated carbocycles. The minimum absolute atomic E-state index is 0.0524. The lowest BCUT2D eigenvalue weighted by molar-refractivity contribution is 0.692. The zero-order valence-electron chi connectivity index (χ0n) is 11.8. The smallest absolute Gasteiger partial charge is 0.123 e.